The first-order chi connectivity index (χ1) is 10.1. The summed E-state index contributed by atoms with van der Waals surface area (Å²) in [4.78, 5) is 16.1. The molecule has 0 spiro atoms. The van der Waals surface area contributed by atoms with Crippen molar-refractivity contribution in [3.05, 3.63) is 41.3 Å². The molecule has 1 aromatic carbocycles. The predicted molar refractivity (Wildman–Crippen MR) is 77.4 cm³/mol. The summed E-state index contributed by atoms with van der Waals surface area (Å²) in [5.74, 6) is 1.33. The molecule has 110 valence electrons. The number of anilines is 1. The maximum absolute atomic E-state index is 11.9. The Morgan fingerprint density at radius 3 is 3.05 bits per heavy atom. The van der Waals surface area contributed by atoms with Gasteiger partial charge in [-0.3, -0.25) is 0 Å². The number of imidazole rings is 1. The molecule has 6 nitrogen and oxygen atoms in total. The number of aryl methyl sites for hydroxylation is 1. The number of nitrogens with zero attached hydrogens (tertiary/aromatic N) is 2. The summed E-state index contributed by atoms with van der Waals surface area (Å²) in [6.45, 7) is 4.33. The first kappa shape index (κ1) is 13.5. The van der Waals surface area contributed by atoms with E-state index in [0.717, 1.165) is 11.3 Å². The maximum atomic E-state index is 11.9. The Bertz CT molecular complexity index is 693. The Morgan fingerprint density at radius 2 is 2.29 bits per heavy atom. The predicted octanol–water partition coefficient (Wildman–Crippen LogP) is 1.93. The van der Waals surface area contributed by atoms with E-state index in [1.165, 1.54) is 0 Å². The summed E-state index contributed by atoms with van der Waals surface area (Å²) >= 11 is 0. The van der Waals surface area contributed by atoms with Crippen molar-refractivity contribution >= 4 is 11.8 Å². The zero-order valence-electron chi connectivity index (χ0n) is 12.0. The fraction of sp³-hybridized carbons (Fsp3) is 0.333. The summed E-state index contributed by atoms with van der Waals surface area (Å²) in [5.41, 5.74) is 7.32. The lowest BCUT2D eigenvalue weighted by Gasteiger charge is -2.14. The van der Waals surface area contributed by atoms with Crippen LogP contribution in [-0.2, 0) is 4.74 Å². The van der Waals surface area contributed by atoms with Gasteiger partial charge in [-0.05, 0) is 19.9 Å². The summed E-state index contributed by atoms with van der Waals surface area (Å²) in [5, 5.41) is 0. The quantitative estimate of drug-likeness (QED) is 0.873. The number of nitrogen functional groups attached to an aromatic ring is 1. The molecule has 0 amide bonds. The van der Waals surface area contributed by atoms with Crippen LogP contribution in [0, 0.1) is 6.92 Å². The van der Waals surface area contributed by atoms with E-state index in [2.05, 4.69) is 4.98 Å². The maximum Gasteiger partial charge on any atom is 0.360 e. The Morgan fingerprint density at radius 1 is 1.52 bits per heavy atom. The monoisotopic (exact) mass is 287 g/mol. The lowest BCUT2D eigenvalue weighted by atomic mass is 10.1. The molecule has 3 rings (SSSR count). The van der Waals surface area contributed by atoms with Crippen LogP contribution in [0.15, 0.2) is 24.3 Å². The molecule has 21 heavy (non-hydrogen) atoms. The van der Waals surface area contributed by atoms with Crippen molar-refractivity contribution in [1.82, 2.24) is 9.55 Å². The highest BCUT2D eigenvalue weighted by Crippen LogP contribution is 2.37. The van der Waals surface area contributed by atoms with Gasteiger partial charge < -0.3 is 19.8 Å². The van der Waals surface area contributed by atoms with Gasteiger partial charge in [0.15, 0.2) is 5.69 Å². The lowest BCUT2D eigenvalue weighted by molar-refractivity contribution is 0.0521. The topological polar surface area (TPSA) is 79.4 Å². The van der Waals surface area contributed by atoms with Gasteiger partial charge in [-0.25, -0.2) is 9.78 Å². The van der Waals surface area contributed by atoms with E-state index in [-0.39, 0.29) is 11.7 Å². The van der Waals surface area contributed by atoms with Crippen LogP contribution in [-0.4, -0.2) is 28.7 Å². The van der Waals surface area contributed by atoms with E-state index in [1.54, 1.807) is 6.92 Å². The number of hydrogen-bond donors (Lipinski definition) is 1. The van der Waals surface area contributed by atoms with Gasteiger partial charge in [0, 0.05) is 5.56 Å². The van der Waals surface area contributed by atoms with E-state index in [4.69, 9.17) is 15.2 Å². The lowest BCUT2D eigenvalue weighted by Crippen LogP contribution is -2.17. The third-order valence-corrected chi connectivity index (χ3v) is 3.58. The number of carbonyl (C=O) groups excluding carboxylic acids is 1. The van der Waals surface area contributed by atoms with E-state index < -0.39 is 5.97 Å². The number of esters is 1. The van der Waals surface area contributed by atoms with Crippen molar-refractivity contribution in [3.8, 4) is 5.75 Å². The van der Waals surface area contributed by atoms with Gasteiger partial charge >= 0.3 is 5.97 Å². The van der Waals surface area contributed by atoms with Gasteiger partial charge in [0.1, 0.15) is 24.0 Å². The number of ether oxygens (including phenoxy) is 2. The van der Waals surface area contributed by atoms with E-state index in [0.29, 0.717) is 24.9 Å². The highest BCUT2D eigenvalue weighted by Gasteiger charge is 2.30. The number of rotatable bonds is 3. The largest absolute Gasteiger partial charge is 0.491 e. The number of aromatic nitrogens is 2. The molecule has 2 heterocycles. The van der Waals surface area contributed by atoms with Gasteiger partial charge in [-0.15, -0.1) is 0 Å². The molecule has 0 bridgehead atoms. The van der Waals surface area contributed by atoms with Crippen molar-refractivity contribution in [2.75, 3.05) is 18.9 Å². The smallest absolute Gasteiger partial charge is 0.360 e. The van der Waals surface area contributed by atoms with Crippen molar-refractivity contribution < 1.29 is 14.3 Å². The third kappa shape index (κ3) is 2.12. The van der Waals surface area contributed by atoms with Gasteiger partial charge in [0.25, 0.3) is 0 Å². The molecular weight excluding hydrogens is 270 g/mol. The number of nitrogens with two attached hydrogens (primary N) is 1. The zero-order valence-corrected chi connectivity index (χ0v) is 12.0. The van der Waals surface area contributed by atoms with Crippen LogP contribution >= 0.6 is 0 Å². The minimum absolute atomic E-state index is 0.0723. The molecule has 0 radical (unpaired) electrons. The van der Waals surface area contributed by atoms with Crippen LogP contribution in [0.4, 0.5) is 5.82 Å². The number of benzene rings is 1. The van der Waals surface area contributed by atoms with Crippen LogP contribution in [0.25, 0.3) is 0 Å². The summed E-state index contributed by atoms with van der Waals surface area (Å²) in [7, 11) is 0. The molecule has 6 heteroatoms. The first-order valence-corrected chi connectivity index (χ1v) is 6.86. The minimum Gasteiger partial charge on any atom is -0.491 e. The fourth-order valence-corrected chi connectivity index (χ4v) is 2.66. The zero-order chi connectivity index (χ0) is 15.0. The van der Waals surface area contributed by atoms with Crippen molar-refractivity contribution in [3.63, 3.8) is 0 Å². The van der Waals surface area contributed by atoms with Gasteiger partial charge in [-0.2, -0.15) is 0 Å². The van der Waals surface area contributed by atoms with Crippen molar-refractivity contribution in [2.45, 2.75) is 19.9 Å². The van der Waals surface area contributed by atoms with Crippen molar-refractivity contribution in [2.24, 2.45) is 0 Å². The average Bonchev–Trinajstić information content (AvgIpc) is 3.00. The molecule has 1 aromatic heterocycles. The molecule has 0 saturated heterocycles. The van der Waals surface area contributed by atoms with Gasteiger partial charge in [0.05, 0.1) is 12.6 Å². The van der Waals surface area contributed by atoms with Crippen LogP contribution < -0.4 is 10.5 Å². The molecule has 2 aromatic rings. The number of fused-ring (bicyclic) bond motifs is 1. The molecule has 0 saturated carbocycles. The number of para-hydroxylation sites is 1. The molecule has 2 N–H and O–H groups in total. The Kier molecular flexibility index (Phi) is 3.29. The molecule has 1 aliphatic heterocycles. The summed E-state index contributed by atoms with van der Waals surface area (Å²) in [6, 6.07) is 7.72. The highest BCUT2D eigenvalue weighted by molar-refractivity contribution is 5.92. The van der Waals surface area contributed by atoms with Crippen molar-refractivity contribution in [1.29, 1.82) is 0 Å². The molecule has 1 aliphatic rings. The summed E-state index contributed by atoms with van der Waals surface area (Å²) in [6.07, 6.45) is 0. The molecular formula is C15H17N3O3. The average molecular weight is 287 g/mol. The third-order valence-electron chi connectivity index (χ3n) is 3.58. The van der Waals surface area contributed by atoms with Gasteiger partial charge in [-0.1, -0.05) is 18.2 Å². The van der Waals surface area contributed by atoms with Crippen LogP contribution in [0.1, 0.15) is 34.8 Å². The van der Waals surface area contributed by atoms with E-state index in [1.807, 2.05) is 35.8 Å². The second-order valence-corrected chi connectivity index (χ2v) is 4.85. The Hall–Kier alpha value is -2.50. The second-order valence-electron chi connectivity index (χ2n) is 4.85. The normalized spacial score (nSPS) is 16.4. The standard InChI is InChI=1S/C15H17N3O3/c1-3-20-15(19)13-14(16)18(9(2)17-13)11-8-21-12-7-5-4-6-10(11)12/h4-7,11H,3,8,16H2,1-2H3. The SMILES string of the molecule is CCOC(=O)c1nc(C)n(C2COc3ccccc32)c1N. The first-order valence-electron chi connectivity index (χ1n) is 6.86. The van der Waals surface area contributed by atoms with E-state index in [9.17, 15) is 4.79 Å². The number of hydrogen-bond acceptors (Lipinski definition) is 5. The van der Waals surface area contributed by atoms with Crippen LogP contribution in [0.2, 0.25) is 0 Å². The molecule has 0 aliphatic carbocycles. The fourth-order valence-electron chi connectivity index (χ4n) is 2.66. The Labute approximate surface area is 122 Å². The summed E-state index contributed by atoms with van der Waals surface area (Å²) < 4.78 is 12.5. The number of carbonyl (C=O) groups is 1. The highest BCUT2D eigenvalue weighted by atomic mass is 16.5. The van der Waals surface area contributed by atoms with E-state index >= 15 is 0 Å². The minimum atomic E-state index is -0.496. The van der Waals surface area contributed by atoms with Crippen LogP contribution in [0.3, 0.4) is 0 Å². The molecule has 1 unspecified atom stereocenters. The molecule has 1 atom stereocenters. The van der Waals surface area contributed by atoms with Gasteiger partial charge in [0.2, 0.25) is 0 Å². The second kappa shape index (κ2) is 5.12. The van der Waals surface area contributed by atoms with Crippen LogP contribution in [0.5, 0.6) is 5.75 Å². The Balaban J connectivity index is 2.03. The molecule has 0 fully saturated rings.